The molecule has 2 rings (SSSR count). The first kappa shape index (κ1) is 13.7. The number of benzene rings is 1. The molecule has 1 heterocycles. The van der Waals surface area contributed by atoms with Crippen molar-refractivity contribution in [1.29, 1.82) is 0 Å². The molecule has 1 unspecified atom stereocenters. The van der Waals surface area contributed by atoms with Crippen LogP contribution in [0.5, 0.6) is 0 Å². The molecule has 0 spiro atoms. The van der Waals surface area contributed by atoms with Crippen LogP contribution in [0.25, 0.3) is 0 Å². The number of nitrogens with one attached hydrogen (secondary N) is 1. The molecule has 0 saturated carbocycles. The zero-order valence-electron chi connectivity index (χ0n) is 12.0. The fraction of sp³-hybridized carbons (Fsp3) is 0.467. The number of aryl methyl sites for hydroxylation is 3. The van der Waals surface area contributed by atoms with Gasteiger partial charge in [-0.2, -0.15) is 4.98 Å². The molecule has 0 aliphatic carbocycles. The summed E-state index contributed by atoms with van der Waals surface area (Å²) in [5.41, 5.74) is 3.93. The maximum Gasteiger partial charge on any atom is 0.223 e. The van der Waals surface area contributed by atoms with Crippen molar-refractivity contribution in [1.82, 2.24) is 15.5 Å². The predicted molar refractivity (Wildman–Crippen MR) is 75.1 cm³/mol. The van der Waals surface area contributed by atoms with Crippen LogP contribution in [-0.2, 0) is 6.42 Å². The largest absolute Gasteiger partial charge is 0.340 e. The highest BCUT2D eigenvalue weighted by atomic mass is 16.5. The second-order valence-corrected chi connectivity index (χ2v) is 5.08. The second-order valence-electron chi connectivity index (χ2n) is 5.08. The summed E-state index contributed by atoms with van der Waals surface area (Å²) in [5.74, 6) is 1.38. The van der Waals surface area contributed by atoms with E-state index in [1.807, 2.05) is 6.92 Å². The highest BCUT2D eigenvalue weighted by molar-refractivity contribution is 5.30. The standard InChI is InChI=1S/C15H21N3O/c1-10-7-11(2)9-14(8-10)12(3)16-6-5-15-17-13(4)19-18-15/h7-9,12,16H,5-6H2,1-4H3. The summed E-state index contributed by atoms with van der Waals surface area (Å²) < 4.78 is 4.95. The van der Waals surface area contributed by atoms with Gasteiger partial charge in [-0.25, -0.2) is 0 Å². The third-order valence-electron chi connectivity index (χ3n) is 3.11. The first-order valence-corrected chi connectivity index (χ1v) is 6.65. The molecule has 1 N–H and O–H groups in total. The van der Waals surface area contributed by atoms with E-state index >= 15 is 0 Å². The highest BCUT2D eigenvalue weighted by Gasteiger charge is 2.07. The van der Waals surface area contributed by atoms with Gasteiger partial charge in [-0.15, -0.1) is 0 Å². The zero-order valence-corrected chi connectivity index (χ0v) is 12.0. The van der Waals surface area contributed by atoms with E-state index in [4.69, 9.17) is 4.52 Å². The summed E-state index contributed by atoms with van der Waals surface area (Å²) in [4.78, 5) is 4.19. The number of rotatable bonds is 5. The van der Waals surface area contributed by atoms with Gasteiger partial charge >= 0.3 is 0 Å². The van der Waals surface area contributed by atoms with Crippen molar-refractivity contribution < 1.29 is 4.52 Å². The molecular formula is C15H21N3O. The van der Waals surface area contributed by atoms with Gasteiger partial charge in [-0.1, -0.05) is 34.5 Å². The summed E-state index contributed by atoms with van der Waals surface area (Å²) in [6.45, 7) is 9.08. The van der Waals surface area contributed by atoms with Crippen LogP contribution in [0.4, 0.5) is 0 Å². The molecule has 1 atom stereocenters. The van der Waals surface area contributed by atoms with E-state index in [1.165, 1.54) is 16.7 Å². The van der Waals surface area contributed by atoms with E-state index in [0.29, 0.717) is 11.9 Å². The van der Waals surface area contributed by atoms with Crippen molar-refractivity contribution >= 4 is 0 Å². The van der Waals surface area contributed by atoms with Gasteiger partial charge in [0, 0.05) is 25.9 Å². The number of hydrogen-bond donors (Lipinski definition) is 1. The topological polar surface area (TPSA) is 51.0 Å². The lowest BCUT2D eigenvalue weighted by Crippen LogP contribution is -2.21. The Balaban J connectivity index is 1.88. The van der Waals surface area contributed by atoms with Gasteiger partial charge in [0.25, 0.3) is 0 Å². The van der Waals surface area contributed by atoms with E-state index in [9.17, 15) is 0 Å². The van der Waals surface area contributed by atoms with Crippen molar-refractivity contribution in [2.75, 3.05) is 6.54 Å². The van der Waals surface area contributed by atoms with Gasteiger partial charge in [0.1, 0.15) is 0 Å². The molecule has 0 aliphatic heterocycles. The Labute approximate surface area is 114 Å². The summed E-state index contributed by atoms with van der Waals surface area (Å²) in [5, 5.41) is 7.38. The van der Waals surface area contributed by atoms with Gasteiger partial charge in [0.05, 0.1) is 0 Å². The molecule has 102 valence electrons. The second kappa shape index (κ2) is 5.97. The Hall–Kier alpha value is -1.68. The van der Waals surface area contributed by atoms with Crippen LogP contribution >= 0.6 is 0 Å². The summed E-state index contributed by atoms with van der Waals surface area (Å²) >= 11 is 0. The van der Waals surface area contributed by atoms with Crippen LogP contribution in [0, 0.1) is 20.8 Å². The Kier molecular flexibility index (Phi) is 4.32. The third-order valence-corrected chi connectivity index (χ3v) is 3.11. The Morgan fingerprint density at radius 3 is 2.42 bits per heavy atom. The molecule has 0 amide bonds. The molecule has 1 aromatic heterocycles. The van der Waals surface area contributed by atoms with Crippen LogP contribution in [0.3, 0.4) is 0 Å². The summed E-state index contributed by atoms with van der Waals surface area (Å²) in [6, 6.07) is 6.97. The van der Waals surface area contributed by atoms with Crippen LogP contribution in [0.1, 0.15) is 41.4 Å². The van der Waals surface area contributed by atoms with Crippen molar-refractivity contribution in [3.8, 4) is 0 Å². The number of hydrogen-bond acceptors (Lipinski definition) is 4. The first-order valence-electron chi connectivity index (χ1n) is 6.65. The van der Waals surface area contributed by atoms with Crippen molar-refractivity contribution in [2.24, 2.45) is 0 Å². The Bertz CT molecular complexity index is 528. The minimum absolute atomic E-state index is 0.326. The molecule has 4 heteroatoms. The first-order chi connectivity index (χ1) is 9.04. The van der Waals surface area contributed by atoms with E-state index < -0.39 is 0 Å². The van der Waals surface area contributed by atoms with Crippen molar-refractivity contribution in [3.05, 3.63) is 46.6 Å². The molecule has 0 aliphatic rings. The molecule has 0 fully saturated rings. The molecule has 0 saturated heterocycles. The molecular weight excluding hydrogens is 238 g/mol. The Morgan fingerprint density at radius 1 is 1.16 bits per heavy atom. The van der Waals surface area contributed by atoms with Gasteiger partial charge in [0.2, 0.25) is 5.89 Å². The van der Waals surface area contributed by atoms with Gasteiger partial charge in [0.15, 0.2) is 5.82 Å². The lowest BCUT2D eigenvalue weighted by molar-refractivity contribution is 0.386. The molecule has 19 heavy (non-hydrogen) atoms. The van der Waals surface area contributed by atoms with Crippen LogP contribution in [0.15, 0.2) is 22.7 Å². The monoisotopic (exact) mass is 259 g/mol. The smallest absolute Gasteiger partial charge is 0.223 e. The summed E-state index contributed by atoms with van der Waals surface area (Å²) in [7, 11) is 0. The highest BCUT2D eigenvalue weighted by Crippen LogP contribution is 2.16. The predicted octanol–water partition coefficient (Wildman–Crippen LogP) is 2.89. The SMILES string of the molecule is Cc1cc(C)cc(C(C)NCCc2noc(C)n2)c1. The fourth-order valence-electron chi connectivity index (χ4n) is 2.22. The Morgan fingerprint density at radius 2 is 1.84 bits per heavy atom. The van der Waals surface area contributed by atoms with E-state index in [-0.39, 0.29) is 0 Å². The molecule has 0 radical (unpaired) electrons. The fourth-order valence-corrected chi connectivity index (χ4v) is 2.22. The number of nitrogens with zero attached hydrogens (tertiary/aromatic N) is 2. The normalized spacial score (nSPS) is 12.6. The van der Waals surface area contributed by atoms with E-state index in [0.717, 1.165) is 18.8 Å². The average Bonchev–Trinajstić information content (AvgIpc) is 2.73. The average molecular weight is 259 g/mol. The van der Waals surface area contributed by atoms with E-state index in [2.05, 4.69) is 54.4 Å². The quantitative estimate of drug-likeness (QED) is 0.897. The van der Waals surface area contributed by atoms with Crippen LogP contribution < -0.4 is 5.32 Å². The molecule has 1 aromatic carbocycles. The van der Waals surface area contributed by atoms with Crippen LogP contribution in [0.2, 0.25) is 0 Å². The third kappa shape index (κ3) is 3.89. The summed E-state index contributed by atoms with van der Waals surface area (Å²) in [6.07, 6.45) is 0.784. The van der Waals surface area contributed by atoms with Gasteiger partial charge in [-0.3, -0.25) is 0 Å². The van der Waals surface area contributed by atoms with Crippen molar-refractivity contribution in [2.45, 2.75) is 40.2 Å². The zero-order chi connectivity index (χ0) is 13.8. The lowest BCUT2D eigenvalue weighted by Gasteiger charge is -2.15. The number of aromatic nitrogens is 2. The maximum absolute atomic E-state index is 4.95. The van der Waals surface area contributed by atoms with Crippen LogP contribution in [-0.4, -0.2) is 16.7 Å². The minimum atomic E-state index is 0.326. The van der Waals surface area contributed by atoms with Gasteiger partial charge in [-0.05, 0) is 26.3 Å². The molecule has 4 nitrogen and oxygen atoms in total. The van der Waals surface area contributed by atoms with E-state index in [1.54, 1.807) is 0 Å². The minimum Gasteiger partial charge on any atom is -0.340 e. The van der Waals surface area contributed by atoms with Crippen molar-refractivity contribution in [3.63, 3.8) is 0 Å². The maximum atomic E-state index is 4.95. The molecule has 0 bridgehead atoms. The lowest BCUT2D eigenvalue weighted by atomic mass is 10.0. The van der Waals surface area contributed by atoms with Gasteiger partial charge < -0.3 is 9.84 Å². The molecule has 2 aromatic rings.